The van der Waals surface area contributed by atoms with E-state index in [1.807, 2.05) is 32.0 Å². The molecule has 1 saturated heterocycles. The normalized spacial score (nSPS) is 25.3. The lowest BCUT2D eigenvalue weighted by Crippen LogP contribution is -2.28. The molecule has 1 aliphatic rings. The van der Waals surface area contributed by atoms with Gasteiger partial charge in [-0.15, -0.1) is 0 Å². The molecular weight excluding hydrogens is 300 g/mol. The van der Waals surface area contributed by atoms with Gasteiger partial charge in [-0.3, -0.25) is 4.57 Å². The van der Waals surface area contributed by atoms with Crippen LogP contribution in [-0.4, -0.2) is 64.1 Å². The van der Waals surface area contributed by atoms with Gasteiger partial charge in [0, 0.05) is 24.7 Å². The van der Waals surface area contributed by atoms with Gasteiger partial charge in [0.05, 0.1) is 12.7 Å². The van der Waals surface area contributed by atoms with E-state index in [0.29, 0.717) is 5.56 Å². The van der Waals surface area contributed by atoms with Gasteiger partial charge in [0.2, 0.25) is 0 Å². The Hall–Kier alpha value is -1.74. The summed E-state index contributed by atoms with van der Waals surface area (Å²) >= 11 is 0. The molecule has 8 heteroatoms. The zero-order valence-electron chi connectivity index (χ0n) is 13.6. The Balaban J connectivity index is 2.32. The van der Waals surface area contributed by atoms with Crippen molar-refractivity contribution >= 4 is 11.9 Å². The molecule has 2 rings (SSSR count). The largest absolute Gasteiger partial charge is 0.394 e. The van der Waals surface area contributed by atoms with Crippen molar-refractivity contribution in [2.75, 3.05) is 33.0 Å². The van der Waals surface area contributed by atoms with Gasteiger partial charge < -0.3 is 25.6 Å². The second-order valence-electron chi connectivity index (χ2n) is 6.11. The fourth-order valence-corrected chi connectivity index (χ4v) is 2.67. The summed E-state index contributed by atoms with van der Waals surface area (Å²) in [5.74, 6) is 0.154. The number of nitrogens with two attached hydrogens (primary N) is 1. The lowest BCUT2D eigenvalue weighted by molar-refractivity contribution is -0.0458. The maximum Gasteiger partial charge on any atom is 0.351 e. The van der Waals surface area contributed by atoms with Crippen molar-refractivity contribution in [2.45, 2.75) is 31.8 Å². The monoisotopic (exact) mass is 324 g/mol. The average Bonchev–Trinajstić information content (AvgIpc) is 2.81. The molecule has 8 nitrogen and oxygen atoms in total. The van der Waals surface area contributed by atoms with Crippen molar-refractivity contribution in [3.05, 3.63) is 27.8 Å². The molecule has 0 radical (unpaired) electrons. The van der Waals surface area contributed by atoms with Crippen LogP contribution in [0.3, 0.4) is 0 Å². The summed E-state index contributed by atoms with van der Waals surface area (Å²) in [6.07, 6.45) is 1.50. The summed E-state index contributed by atoms with van der Waals surface area (Å²) < 4.78 is 6.82. The standard InChI is InChI=1S/C15H24N4O4/c1-9(6-18(2)3)4-10-7-19(15(22)17-14(10)16)13-5-11(21)12(8-20)23-13/h4,7,11-13,20-21H,5-6,8H2,1-3H3,(H2,16,17,22)/b9-4+/t11-,12+,13+/m0/s1. The predicted octanol–water partition coefficient (Wildman–Crippen LogP) is -0.569. The summed E-state index contributed by atoms with van der Waals surface area (Å²) in [4.78, 5) is 17.9. The second-order valence-corrected chi connectivity index (χ2v) is 6.11. The molecule has 0 aliphatic carbocycles. The predicted molar refractivity (Wildman–Crippen MR) is 86.7 cm³/mol. The Bertz CT molecular complexity index is 641. The van der Waals surface area contributed by atoms with E-state index in [2.05, 4.69) is 4.98 Å². The summed E-state index contributed by atoms with van der Waals surface area (Å²) in [5, 5.41) is 19.0. The minimum Gasteiger partial charge on any atom is -0.394 e. The quantitative estimate of drug-likeness (QED) is 0.664. The van der Waals surface area contributed by atoms with Crippen LogP contribution in [0.4, 0.5) is 5.82 Å². The molecule has 0 spiro atoms. The molecule has 128 valence electrons. The summed E-state index contributed by atoms with van der Waals surface area (Å²) in [5.41, 5.74) is 6.98. The Morgan fingerprint density at radius 3 is 2.87 bits per heavy atom. The third kappa shape index (κ3) is 4.17. The Morgan fingerprint density at radius 2 is 2.30 bits per heavy atom. The highest BCUT2D eigenvalue weighted by atomic mass is 16.5. The molecule has 1 aromatic rings. The first-order valence-corrected chi connectivity index (χ1v) is 7.46. The van der Waals surface area contributed by atoms with Crippen molar-refractivity contribution in [3.8, 4) is 0 Å². The fraction of sp³-hybridized carbons (Fsp3) is 0.600. The molecule has 1 fully saturated rings. The van der Waals surface area contributed by atoms with E-state index < -0.39 is 24.1 Å². The summed E-state index contributed by atoms with van der Waals surface area (Å²) in [6.45, 7) is 2.42. The van der Waals surface area contributed by atoms with Gasteiger partial charge in [0.15, 0.2) is 0 Å². The third-order valence-electron chi connectivity index (χ3n) is 3.67. The first-order chi connectivity index (χ1) is 10.8. The molecule has 0 aromatic carbocycles. The highest BCUT2D eigenvalue weighted by Gasteiger charge is 2.35. The smallest absolute Gasteiger partial charge is 0.351 e. The van der Waals surface area contributed by atoms with Gasteiger partial charge in [0.1, 0.15) is 18.1 Å². The number of rotatable bonds is 5. The van der Waals surface area contributed by atoms with Crippen LogP contribution >= 0.6 is 0 Å². The number of aromatic nitrogens is 2. The minimum atomic E-state index is -0.816. The number of hydrogen-bond acceptors (Lipinski definition) is 7. The zero-order chi connectivity index (χ0) is 17.1. The van der Waals surface area contributed by atoms with Crippen LogP contribution in [0.1, 0.15) is 25.1 Å². The van der Waals surface area contributed by atoms with Crippen LogP contribution in [0.2, 0.25) is 0 Å². The third-order valence-corrected chi connectivity index (χ3v) is 3.67. The van der Waals surface area contributed by atoms with E-state index in [0.717, 1.165) is 12.1 Å². The van der Waals surface area contributed by atoms with Crippen molar-refractivity contribution in [1.29, 1.82) is 0 Å². The highest BCUT2D eigenvalue weighted by molar-refractivity contribution is 5.61. The zero-order valence-corrected chi connectivity index (χ0v) is 13.6. The maximum absolute atomic E-state index is 12.1. The SMILES string of the molecule is C/C(=C\c1cn([C@H]2C[C@H](O)[C@@H](CO)O2)c(=O)nc1N)CN(C)C. The Morgan fingerprint density at radius 1 is 1.61 bits per heavy atom. The molecular formula is C15H24N4O4. The van der Waals surface area contributed by atoms with Crippen LogP contribution in [0.5, 0.6) is 0 Å². The van der Waals surface area contributed by atoms with Crippen LogP contribution in [0.25, 0.3) is 6.08 Å². The van der Waals surface area contributed by atoms with E-state index in [1.165, 1.54) is 4.57 Å². The summed E-state index contributed by atoms with van der Waals surface area (Å²) in [7, 11) is 3.92. The van der Waals surface area contributed by atoms with Crippen LogP contribution < -0.4 is 11.4 Å². The lowest BCUT2D eigenvalue weighted by atomic mass is 10.1. The summed E-state index contributed by atoms with van der Waals surface area (Å²) in [6, 6.07) is 0. The van der Waals surface area contributed by atoms with E-state index in [4.69, 9.17) is 15.6 Å². The van der Waals surface area contributed by atoms with Crippen molar-refractivity contribution in [1.82, 2.24) is 14.5 Å². The van der Waals surface area contributed by atoms with Crippen LogP contribution in [0, 0.1) is 0 Å². The molecule has 0 amide bonds. The topological polar surface area (TPSA) is 114 Å². The minimum absolute atomic E-state index is 0.154. The molecule has 0 saturated carbocycles. The molecule has 0 unspecified atom stereocenters. The molecule has 0 bridgehead atoms. The van der Waals surface area contributed by atoms with Crippen LogP contribution in [-0.2, 0) is 4.74 Å². The van der Waals surface area contributed by atoms with E-state index in [9.17, 15) is 9.90 Å². The van der Waals surface area contributed by atoms with Gasteiger partial charge in [-0.05, 0) is 27.1 Å². The van der Waals surface area contributed by atoms with Gasteiger partial charge in [-0.1, -0.05) is 5.57 Å². The number of aliphatic hydroxyl groups excluding tert-OH is 2. The van der Waals surface area contributed by atoms with E-state index >= 15 is 0 Å². The Kier molecular flexibility index (Phi) is 5.53. The first kappa shape index (κ1) is 17.6. The molecule has 23 heavy (non-hydrogen) atoms. The maximum atomic E-state index is 12.1. The highest BCUT2D eigenvalue weighted by Crippen LogP contribution is 2.28. The lowest BCUT2D eigenvalue weighted by Gasteiger charge is -2.16. The van der Waals surface area contributed by atoms with Crippen LogP contribution in [0.15, 0.2) is 16.6 Å². The van der Waals surface area contributed by atoms with E-state index in [-0.39, 0.29) is 18.8 Å². The number of nitrogens with zero attached hydrogens (tertiary/aromatic N) is 3. The first-order valence-electron chi connectivity index (χ1n) is 7.46. The molecule has 1 aromatic heterocycles. The van der Waals surface area contributed by atoms with Crippen molar-refractivity contribution < 1.29 is 14.9 Å². The van der Waals surface area contributed by atoms with Gasteiger partial charge in [0.25, 0.3) is 0 Å². The average molecular weight is 324 g/mol. The van der Waals surface area contributed by atoms with Gasteiger partial charge in [-0.25, -0.2) is 4.79 Å². The fourth-order valence-electron chi connectivity index (χ4n) is 2.67. The van der Waals surface area contributed by atoms with E-state index in [1.54, 1.807) is 6.20 Å². The second kappa shape index (κ2) is 7.22. The van der Waals surface area contributed by atoms with Gasteiger partial charge in [-0.2, -0.15) is 4.98 Å². The van der Waals surface area contributed by atoms with Gasteiger partial charge >= 0.3 is 5.69 Å². The number of likely N-dealkylation sites (N-methyl/N-ethyl adjacent to an activating group) is 1. The number of nitrogen functional groups attached to an aromatic ring is 1. The van der Waals surface area contributed by atoms with Crippen molar-refractivity contribution in [3.63, 3.8) is 0 Å². The Labute approximate surface area is 134 Å². The number of ether oxygens (including phenoxy) is 1. The number of anilines is 1. The number of aliphatic hydroxyl groups is 2. The number of hydrogen-bond donors (Lipinski definition) is 3. The molecule has 4 N–H and O–H groups in total. The van der Waals surface area contributed by atoms with Crippen molar-refractivity contribution in [2.24, 2.45) is 0 Å². The molecule has 3 atom stereocenters. The molecule has 1 aliphatic heterocycles. The molecule has 2 heterocycles.